The molecule has 6 heteroatoms. The zero-order valence-corrected chi connectivity index (χ0v) is 10.5. The lowest BCUT2D eigenvalue weighted by atomic mass is 10.4. The molecule has 2 aromatic rings. The molecule has 1 aliphatic rings. The molecule has 0 unspecified atom stereocenters. The highest BCUT2D eigenvalue weighted by Gasteiger charge is 2.26. The largest absolute Gasteiger partial charge is 0.348 e. The minimum Gasteiger partial charge on any atom is -0.348 e. The van der Waals surface area contributed by atoms with Crippen molar-refractivity contribution in [3.05, 3.63) is 27.7 Å². The molecule has 16 heavy (non-hydrogen) atoms. The summed E-state index contributed by atoms with van der Waals surface area (Å²) in [5.41, 5.74) is 1.19. The lowest BCUT2D eigenvalue weighted by Crippen LogP contribution is -2.26. The topological polar surface area (TPSA) is 59.3 Å². The Bertz CT molecular complexity index is 561. The Morgan fingerprint density at radius 1 is 1.56 bits per heavy atom. The van der Waals surface area contributed by atoms with Crippen molar-refractivity contribution in [3.8, 4) is 0 Å². The Morgan fingerprint density at radius 2 is 2.38 bits per heavy atom. The molecular formula is C10H9IN4O. The van der Waals surface area contributed by atoms with Gasteiger partial charge in [-0.15, -0.1) is 0 Å². The molecule has 1 aliphatic carbocycles. The van der Waals surface area contributed by atoms with Gasteiger partial charge in [0.1, 0.15) is 0 Å². The van der Waals surface area contributed by atoms with E-state index in [1.165, 1.54) is 0 Å². The molecule has 1 amide bonds. The first-order valence-corrected chi connectivity index (χ1v) is 6.13. The predicted octanol–water partition coefficient (Wildman–Crippen LogP) is 1.23. The molecule has 0 aliphatic heterocycles. The first kappa shape index (κ1) is 10.0. The standard InChI is InChI=1S/C10H9IN4O/c11-7-8(10(16)13-6-2-3-6)14-15-5-1-4-12-9(7)15/h1,4-6H,2-3H2,(H,13,16). The third kappa shape index (κ3) is 1.66. The number of nitrogens with one attached hydrogen (secondary N) is 1. The molecule has 3 rings (SSSR count). The molecule has 1 saturated carbocycles. The Hall–Kier alpha value is -1.18. The molecule has 1 fully saturated rings. The summed E-state index contributed by atoms with van der Waals surface area (Å²) in [6.45, 7) is 0. The van der Waals surface area contributed by atoms with Crippen molar-refractivity contribution in [2.24, 2.45) is 0 Å². The highest BCUT2D eigenvalue weighted by atomic mass is 127. The van der Waals surface area contributed by atoms with E-state index in [0.717, 1.165) is 22.1 Å². The Morgan fingerprint density at radius 3 is 3.06 bits per heavy atom. The average molecular weight is 328 g/mol. The Kier molecular flexibility index (Phi) is 2.31. The van der Waals surface area contributed by atoms with Crippen LogP contribution in [0.25, 0.3) is 5.65 Å². The molecule has 1 N–H and O–H groups in total. The summed E-state index contributed by atoms with van der Waals surface area (Å²) in [5, 5.41) is 7.15. The highest BCUT2D eigenvalue weighted by molar-refractivity contribution is 14.1. The number of hydrogen-bond acceptors (Lipinski definition) is 3. The maximum absolute atomic E-state index is 11.9. The fourth-order valence-electron chi connectivity index (χ4n) is 1.49. The molecule has 0 atom stereocenters. The van der Waals surface area contributed by atoms with Gasteiger partial charge in [0.15, 0.2) is 11.3 Å². The van der Waals surface area contributed by atoms with E-state index in [9.17, 15) is 4.79 Å². The normalized spacial score (nSPS) is 15.3. The molecule has 5 nitrogen and oxygen atoms in total. The number of rotatable bonds is 2. The number of nitrogens with zero attached hydrogens (tertiary/aromatic N) is 3. The van der Waals surface area contributed by atoms with E-state index in [2.05, 4.69) is 38.0 Å². The third-order valence-corrected chi connectivity index (χ3v) is 3.46. The summed E-state index contributed by atoms with van der Waals surface area (Å²) in [5.74, 6) is -0.0996. The van der Waals surface area contributed by atoms with Gasteiger partial charge in [-0.25, -0.2) is 9.50 Å². The second kappa shape index (κ2) is 3.69. The van der Waals surface area contributed by atoms with Gasteiger partial charge < -0.3 is 5.32 Å². The van der Waals surface area contributed by atoms with Gasteiger partial charge in [0, 0.05) is 18.4 Å². The molecule has 0 spiro atoms. The molecule has 2 aromatic heterocycles. The van der Waals surface area contributed by atoms with E-state index in [4.69, 9.17) is 0 Å². The minimum absolute atomic E-state index is 0.0996. The Balaban J connectivity index is 2.02. The van der Waals surface area contributed by atoms with Crippen molar-refractivity contribution in [1.82, 2.24) is 19.9 Å². The Labute approximate surface area is 105 Å². The zero-order valence-electron chi connectivity index (χ0n) is 8.35. The van der Waals surface area contributed by atoms with Gasteiger partial charge in [-0.2, -0.15) is 5.10 Å². The number of hydrogen-bond donors (Lipinski definition) is 1. The van der Waals surface area contributed by atoms with Gasteiger partial charge >= 0.3 is 0 Å². The van der Waals surface area contributed by atoms with Crippen molar-refractivity contribution in [3.63, 3.8) is 0 Å². The van der Waals surface area contributed by atoms with Crippen LogP contribution in [-0.2, 0) is 0 Å². The van der Waals surface area contributed by atoms with Crippen LogP contribution in [0.2, 0.25) is 0 Å². The SMILES string of the molecule is O=C(NC1CC1)c1nn2cccnc2c1I. The van der Waals surface area contributed by atoms with Crippen LogP contribution in [0, 0.1) is 3.57 Å². The monoisotopic (exact) mass is 328 g/mol. The van der Waals surface area contributed by atoms with Gasteiger partial charge in [-0.3, -0.25) is 4.79 Å². The number of fused-ring (bicyclic) bond motifs is 1. The molecule has 0 radical (unpaired) electrons. The summed E-state index contributed by atoms with van der Waals surface area (Å²) in [6, 6.07) is 2.14. The van der Waals surface area contributed by atoms with Crippen LogP contribution in [-0.4, -0.2) is 26.5 Å². The minimum atomic E-state index is -0.0996. The maximum Gasteiger partial charge on any atom is 0.273 e. The first-order valence-electron chi connectivity index (χ1n) is 5.05. The summed E-state index contributed by atoms with van der Waals surface area (Å²) in [7, 11) is 0. The van der Waals surface area contributed by atoms with E-state index in [0.29, 0.717) is 11.7 Å². The molecule has 2 heterocycles. The van der Waals surface area contributed by atoms with Crippen LogP contribution in [0.4, 0.5) is 0 Å². The van der Waals surface area contributed by atoms with Crippen molar-refractivity contribution in [1.29, 1.82) is 0 Å². The fraction of sp³-hybridized carbons (Fsp3) is 0.300. The number of aromatic nitrogens is 3. The number of amides is 1. The van der Waals surface area contributed by atoms with Crippen LogP contribution >= 0.6 is 22.6 Å². The maximum atomic E-state index is 11.9. The number of carbonyl (C=O) groups is 1. The van der Waals surface area contributed by atoms with E-state index in [1.54, 1.807) is 23.0 Å². The summed E-state index contributed by atoms with van der Waals surface area (Å²) in [6.07, 6.45) is 5.64. The van der Waals surface area contributed by atoms with Gasteiger partial charge in [-0.05, 0) is 41.5 Å². The quantitative estimate of drug-likeness (QED) is 0.844. The molecule has 0 bridgehead atoms. The average Bonchev–Trinajstić information content (AvgIpc) is 3.03. The second-order valence-corrected chi connectivity index (χ2v) is 4.88. The van der Waals surface area contributed by atoms with Crippen molar-refractivity contribution in [2.75, 3.05) is 0 Å². The van der Waals surface area contributed by atoms with E-state index in [-0.39, 0.29) is 5.91 Å². The number of carbonyl (C=O) groups excluding carboxylic acids is 1. The van der Waals surface area contributed by atoms with Crippen LogP contribution in [0.3, 0.4) is 0 Å². The molecule has 82 valence electrons. The van der Waals surface area contributed by atoms with Gasteiger partial charge in [-0.1, -0.05) is 0 Å². The van der Waals surface area contributed by atoms with Gasteiger partial charge in [0.2, 0.25) is 0 Å². The van der Waals surface area contributed by atoms with Gasteiger partial charge in [0.25, 0.3) is 5.91 Å². The van der Waals surface area contributed by atoms with E-state index in [1.807, 2.05) is 0 Å². The number of halogens is 1. The van der Waals surface area contributed by atoms with Crippen LogP contribution in [0.5, 0.6) is 0 Å². The molecular weight excluding hydrogens is 319 g/mol. The van der Waals surface area contributed by atoms with Crippen LogP contribution in [0.1, 0.15) is 23.3 Å². The summed E-state index contributed by atoms with van der Waals surface area (Å²) < 4.78 is 2.43. The highest BCUT2D eigenvalue weighted by Crippen LogP contribution is 2.21. The van der Waals surface area contributed by atoms with Crippen molar-refractivity contribution in [2.45, 2.75) is 18.9 Å². The zero-order chi connectivity index (χ0) is 11.1. The third-order valence-electron chi connectivity index (χ3n) is 2.47. The van der Waals surface area contributed by atoms with Crippen LogP contribution in [0.15, 0.2) is 18.5 Å². The van der Waals surface area contributed by atoms with E-state index < -0.39 is 0 Å². The summed E-state index contributed by atoms with van der Waals surface area (Å²) >= 11 is 2.11. The predicted molar refractivity (Wildman–Crippen MR) is 66.2 cm³/mol. The van der Waals surface area contributed by atoms with E-state index >= 15 is 0 Å². The van der Waals surface area contributed by atoms with Crippen molar-refractivity contribution >= 4 is 34.1 Å². The lowest BCUT2D eigenvalue weighted by Gasteiger charge is -1.98. The fourth-order valence-corrected chi connectivity index (χ4v) is 2.22. The van der Waals surface area contributed by atoms with Crippen molar-refractivity contribution < 1.29 is 4.79 Å². The lowest BCUT2D eigenvalue weighted by molar-refractivity contribution is 0.0945. The van der Waals surface area contributed by atoms with Crippen LogP contribution < -0.4 is 5.32 Å². The first-order chi connectivity index (χ1) is 7.75. The van der Waals surface area contributed by atoms with Gasteiger partial charge in [0.05, 0.1) is 3.57 Å². The second-order valence-electron chi connectivity index (χ2n) is 3.80. The summed E-state index contributed by atoms with van der Waals surface area (Å²) in [4.78, 5) is 16.1. The smallest absolute Gasteiger partial charge is 0.273 e. The molecule has 0 saturated heterocycles. The molecule has 0 aromatic carbocycles.